The minimum atomic E-state index is -0.784. The Hall–Kier alpha value is -5.37. The summed E-state index contributed by atoms with van der Waals surface area (Å²) in [5.41, 5.74) is 2.81. The number of benzene rings is 3. The largest absolute Gasteiger partial charge is 0.497 e. The van der Waals surface area contributed by atoms with E-state index in [1.54, 1.807) is 72.1 Å². The molecule has 0 aliphatic carbocycles. The molecule has 6 atom stereocenters. The summed E-state index contributed by atoms with van der Waals surface area (Å²) in [6.07, 6.45) is 0.724. The summed E-state index contributed by atoms with van der Waals surface area (Å²) in [5, 5.41) is 14.6. The van der Waals surface area contributed by atoms with Crippen molar-refractivity contribution in [3.8, 4) is 17.2 Å². The first kappa shape index (κ1) is 46.6. The molecule has 7 rings (SSSR count). The Morgan fingerprint density at radius 3 is 2.41 bits per heavy atom. The fourth-order valence-corrected chi connectivity index (χ4v) is 10.4. The number of amides is 7. The second-order valence-corrected chi connectivity index (χ2v) is 18.8. The van der Waals surface area contributed by atoms with Crippen molar-refractivity contribution in [2.24, 2.45) is 5.92 Å². The highest BCUT2D eigenvalue weighted by Gasteiger charge is 2.41. The summed E-state index contributed by atoms with van der Waals surface area (Å²) in [6, 6.07) is 18.2. The minimum Gasteiger partial charge on any atom is -0.497 e. The van der Waals surface area contributed by atoms with Gasteiger partial charge in [0, 0.05) is 87.8 Å². The lowest BCUT2D eigenvalue weighted by atomic mass is 9.88. The second-order valence-electron chi connectivity index (χ2n) is 16.5. The van der Waals surface area contributed by atoms with E-state index in [9.17, 15) is 24.0 Å². The predicted octanol–water partition coefficient (Wildman–Crippen LogP) is 3.91. The van der Waals surface area contributed by atoms with Crippen molar-refractivity contribution in [3.05, 3.63) is 77.9 Å². The van der Waals surface area contributed by atoms with Gasteiger partial charge in [-0.05, 0) is 73.6 Å². The van der Waals surface area contributed by atoms with Crippen molar-refractivity contribution in [3.63, 3.8) is 0 Å². The second kappa shape index (κ2) is 21.5. The molecular weight excluding hydrogens is 859 g/mol. The molecule has 4 unspecified atom stereocenters. The number of carbonyl (C=O) groups is 5. The fraction of sp³-hybridized carbons (Fsp3) is 0.489. The maximum Gasteiger partial charge on any atom is 0.321 e. The monoisotopic (exact) mass is 917 g/mol. The molecule has 5 N–H and O–H groups in total. The molecule has 0 spiro atoms. The molecule has 64 heavy (non-hydrogen) atoms. The molecule has 0 aromatic heterocycles. The van der Waals surface area contributed by atoms with E-state index in [2.05, 4.69) is 38.5 Å². The number of nitrogens with zero attached hydrogens (tertiary/aromatic N) is 4. The van der Waals surface area contributed by atoms with Crippen LogP contribution < -0.4 is 45.7 Å². The number of thioether (sulfide) groups is 2. The van der Waals surface area contributed by atoms with Crippen molar-refractivity contribution in [2.45, 2.75) is 55.7 Å². The number of carbonyl (C=O) groups excluding carboxylic acids is 5. The third kappa shape index (κ3) is 11.8. The van der Waals surface area contributed by atoms with Crippen LogP contribution in [0.1, 0.15) is 37.4 Å². The Labute approximate surface area is 383 Å². The lowest BCUT2D eigenvalue weighted by molar-refractivity contribution is -0.140. The third-order valence-electron chi connectivity index (χ3n) is 12.0. The van der Waals surface area contributed by atoms with Crippen LogP contribution in [-0.4, -0.2) is 146 Å². The Bertz CT molecular complexity index is 2140. The zero-order chi connectivity index (χ0) is 45.3. The number of likely N-dealkylation sites (N-methyl/N-ethyl adjacent to an activating group) is 2. The molecular formula is C45H59N9O8S2. The number of anilines is 2. The first-order valence-electron chi connectivity index (χ1n) is 21.6. The number of ether oxygens (including phenoxy) is 3. The van der Waals surface area contributed by atoms with Crippen molar-refractivity contribution in [1.82, 2.24) is 36.0 Å². The maximum atomic E-state index is 14.4. The van der Waals surface area contributed by atoms with Gasteiger partial charge in [0.25, 0.3) is 0 Å². The zero-order valence-electron chi connectivity index (χ0n) is 37.0. The first-order valence-corrected chi connectivity index (χ1v) is 23.7. The van der Waals surface area contributed by atoms with Gasteiger partial charge in [0.1, 0.15) is 42.0 Å². The number of fused-ring (bicyclic) bond motifs is 1. The molecule has 0 radical (unpaired) electrons. The van der Waals surface area contributed by atoms with Crippen molar-refractivity contribution >= 4 is 64.7 Å². The number of piperazine rings is 1. The Balaban J connectivity index is 0.878. The maximum absolute atomic E-state index is 14.4. The van der Waals surface area contributed by atoms with Gasteiger partial charge in [-0.15, -0.1) is 23.5 Å². The Morgan fingerprint density at radius 1 is 0.922 bits per heavy atom. The van der Waals surface area contributed by atoms with Crippen molar-refractivity contribution < 1.29 is 38.2 Å². The van der Waals surface area contributed by atoms with E-state index in [1.807, 2.05) is 49.1 Å². The van der Waals surface area contributed by atoms with Crippen LogP contribution in [-0.2, 0) is 20.8 Å². The average Bonchev–Trinajstić information content (AvgIpc) is 3.73. The number of nitrogens with one attached hydrogen (secondary N) is 5. The van der Waals surface area contributed by atoms with Crippen LogP contribution >= 0.6 is 23.5 Å². The molecule has 4 aliphatic rings. The van der Waals surface area contributed by atoms with Crippen LogP contribution in [0.15, 0.2) is 66.7 Å². The molecule has 17 nitrogen and oxygen atoms in total. The summed E-state index contributed by atoms with van der Waals surface area (Å²) in [6.45, 7) is 8.21. The molecule has 7 amide bonds. The molecule has 0 bridgehead atoms. The number of hydrogen-bond acceptors (Lipinski definition) is 12. The molecule has 3 saturated heterocycles. The number of hydrogen-bond donors (Lipinski definition) is 5. The molecule has 4 aliphatic heterocycles. The van der Waals surface area contributed by atoms with E-state index in [4.69, 9.17) is 14.2 Å². The van der Waals surface area contributed by atoms with Gasteiger partial charge in [0.2, 0.25) is 17.7 Å². The van der Waals surface area contributed by atoms with Gasteiger partial charge in [-0.25, -0.2) is 9.59 Å². The summed E-state index contributed by atoms with van der Waals surface area (Å²) in [4.78, 5) is 73.4. The molecule has 19 heteroatoms. The molecule has 3 aromatic carbocycles. The highest BCUT2D eigenvalue weighted by Crippen LogP contribution is 2.37. The molecule has 344 valence electrons. The third-order valence-corrected chi connectivity index (χ3v) is 14.5. The lowest BCUT2D eigenvalue weighted by Gasteiger charge is -2.42. The predicted molar refractivity (Wildman–Crippen MR) is 249 cm³/mol. The highest BCUT2D eigenvalue weighted by molar-refractivity contribution is 8.00. The van der Waals surface area contributed by atoms with Crippen LogP contribution in [0.4, 0.5) is 21.0 Å². The summed E-state index contributed by atoms with van der Waals surface area (Å²) in [7, 11) is 5.36. The van der Waals surface area contributed by atoms with Crippen LogP contribution in [0.3, 0.4) is 0 Å². The molecule has 0 saturated carbocycles. The van der Waals surface area contributed by atoms with Gasteiger partial charge >= 0.3 is 12.1 Å². The number of rotatable bonds is 15. The van der Waals surface area contributed by atoms with E-state index in [1.165, 1.54) is 11.8 Å². The molecule has 3 fully saturated rings. The van der Waals surface area contributed by atoms with E-state index in [0.717, 1.165) is 43.1 Å². The standard InChI is InChI=1S/C45H59N9O8S2/c1-28-25-46-43(58)49-41(28)63-27-40(56)54-29(2)37-14-13-35(60-5)21-30(37)22-38(54)42(57)52(4)33-7-6-8-36(24-33)62-20-19-61-34-11-9-31(10-12-34)47-44(59)50-45-48-32(26-64-45)23-39(55)53-17-15-51(3)16-18-53/h6-14,21,24,28-29,32,38,41,45,48H,15-20,22-23,25-27H2,1-5H3,(H2,46,49,58)(H2,47,50,59)/t28?,29-,32?,38-,41?,45?/m1/s1. The van der Waals surface area contributed by atoms with Crippen LogP contribution in [0, 0.1) is 5.92 Å². The lowest BCUT2D eigenvalue weighted by Crippen LogP contribution is -2.56. The minimum absolute atomic E-state index is 0.000119. The summed E-state index contributed by atoms with van der Waals surface area (Å²) in [5.74, 6) is 2.50. The average molecular weight is 918 g/mol. The number of methoxy groups -OCH3 is 1. The Morgan fingerprint density at radius 2 is 1.66 bits per heavy atom. The zero-order valence-corrected chi connectivity index (χ0v) is 38.6. The van der Waals surface area contributed by atoms with Gasteiger partial charge in [0.15, 0.2) is 0 Å². The van der Waals surface area contributed by atoms with Crippen LogP contribution in [0.2, 0.25) is 0 Å². The van der Waals surface area contributed by atoms with Crippen LogP contribution in [0.5, 0.6) is 17.2 Å². The highest BCUT2D eigenvalue weighted by atomic mass is 32.2. The van der Waals surface area contributed by atoms with Gasteiger partial charge in [-0.3, -0.25) is 19.7 Å². The SMILES string of the molecule is COc1ccc2c(c1)C[C@H](C(=O)N(C)c1cccc(OCCOc3ccc(NC(=O)NC4NC(CC(=O)N5CCN(C)CC5)CS4)cc3)c1)N(C(=O)CSC1NC(=O)NCC1C)[C@@H]2C. The first-order chi connectivity index (χ1) is 30.8. The smallest absolute Gasteiger partial charge is 0.321 e. The molecule has 3 aromatic rings. The van der Waals surface area contributed by atoms with Crippen molar-refractivity contribution in [1.29, 1.82) is 0 Å². The Kier molecular flexibility index (Phi) is 15.7. The van der Waals surface area contributed by atoms with E-state index in [-0.39, 0.29) is 77.6 Å². The summed E-state index contributed by atoms with van der Waals surface area (Å²) >= 11 is 2.94. The van der Waals surface area contributed by atoms with Gasteiger partial charge in [-0.2, -0.15) is 0 Å². The van der Waals surface area contributed by atoms with E-state index < -0.39 is 6.04 Å². The molecule has 4 heterocycles. The van der Waals surface area contributed by atoms with Gasteiger partial charge in [0.05, 0.1) is 24.3 Å². The normalized spacial score (nSPS) is 23.2. The van der Waals surface area contributed by atoms with E-state index >= 15 is 0 Å². The summed E-state index contributed by atoms with van der Waals surface area (Å²) < 4.78 is 17.4. The van der Waals surface area contributed by atoms with Gasteiger partial charge < -0.3 is 55.1 Å². The quantitative estimate of drug-likeness (QED) is 0.139. The topological polar surface area (TPSA) is 186 Å². The van der Waals surface area contributed by atoms with E-state index in [0.29, 0.717) is 48.0 Å². The van der Waals surface area contributed by atoms with Crippen molar-refractivity contribution in [2.75, 3.05) is 88.9 Å². The number of urea groups is 2. The fourth-order valence-electron chi connectivity index (χ4n) is 8.23. The van der Waals surface area contributed by atoms with Gasteiger partial charge in [-0.1, -0.05) is 19.1 Å². The van der Waals surface area contributed by atoms with Crippen LogP contribution in [0.25, 0.3) is 0 Å².